The van der Waals surface area contributed by atoms with Crippen LogP contribution >= 0.6 is 0 Å². The fourth-order valence-corrected chi connectivity index (χ4v) is 5.54. The molecule has 0 unspecified atom stereocenters. The number of aromatic nitrogens is 5. The van der Waals surface area contributed by atoms with Gasteiger partial charge in [0.1, 0.15) is 22.9 Å². The number of rotatable bonds is 7. The topological polar surface area (TPSA) is 92.0 Å². The van der Waals surface area contributed by atoms with Gasteiger partial charge in [0.05, 0.1) is 17.3 Å². The summed E-state index contributed by atoms with van der Waals surface area (Å²) in [6.07, 6.45) is 4.24. The molecule has 0 amide bonds. The summed E-state index contributed by atoms with van der Waals surface area (Å²) in [6, 6.07) is 6.72. The Hall–Kier alpha value is -3.50. The number of hydrogen-bond acceptors (Lipinski definition) is 7. The van der Waals surface area contributed by atoms with Crippen molar-refractivity contribution in [2.45, 2.75) is 65.0 Å². The molecule has 0 radical (unpaired) electrons. The highest BCUT2D eigenvalue weighted by molar-refractivity contribution is 5.83. The van der Waals surface area contributed by atoms with Gasteiger partial charge in [-0.2, -0.15) is 0 Å². The van der Waals surface area contributed by atoms with Gasteiger partial charge in [-0.3, -0.25) is 0 Å². The minimum Gasteiger partial charge on any atom is -0.389 e. The zero-order valence-corrected chi connectivity index (χ0v) is 23.0. The van der Waals surface area contributed by atoms with E-state index >= 15 is 0 Å². The maximum atomic E-state index is 15.0. The summed E-state index contributed by atoms with van der Waals surface area (Å²) in [4.78, 5) is 19.6. The molecular weight excluding hydrogens is 500 g/mol. The van der Waals surface area contributed by atoms with Crippen LogP contribution in [0.4, 0.5) is 20.5 Å². The van der Waals surface area contributed by atoms with Gasteiger partial charge in [0.25, 0.3) is 0 Å². The van der Waals surface area contributed by atoms with Crippen LogP contribution in [0, 0.1) is 18.6 Å². The molecule has 0 aliphatic carbocycles. The largest absolute Gasteiger partial charge is 0.389 e. The number of likely N-dealkylation sites (tertiary alicyclic amines) is 1. The number of nitrogens with zero attached hydrogens (tertiary/aromatic N) is 6. The summed E-state index contributed by atoms with van der Waals surface area (Å²) in [5.74, 6) is 0.0335. The Morgan fingerprint density at radius 1 is 1.03 bits per heavy atom. The van der Waals surface area contributed by atoms with Crippen LogP contribution in [0.3, 0.4) is 0 Å². The first-order valence-corrected chi connectivity index (χ1v) is 13.5. The van der Waals surface area contributed by atoms with E-state index in [-0.39, 0.29) is 29.1 Å². The number of benzene rings is 1. The number of halogens is 2. The number of fused-ring (bicyclic) bond motifs is 1. The third kappa shape index (κ3) is 5.23. The van der Waals surface area contributed by atoms with Crippen molar-refractivity contribution in [3.8, 4) is 11.3 Å². The third-order valence-electron chi connectivity index (χ3n) is 7.96. The van der Waals surface area contributed by atoms with Gasteiger partial charge in [0, 0.05) is 36.8 Å². The molecule has 1 fully saturated rings. The van der Waals surface area contributed by atoms with Crippen LogP contribution in [0.5, 0.6) is 0 Å². The molecule has 2 N–H and O–H groups in total. The molecule has 5 rings (SSSR count). The molecule has 0 saturated carbocycles. The van der Waals surface area contributed by atoms with Crippen LogP contribution in [-0.2, 0) is 0 Å². The molecule has 0 spiro atoms. The highest BCUT2D eigenvalue weighted by atomic mass is 19.1. The number of imidazole rings is 1. The second-order valence-corrected chi connectivity index (χ2v) is 10.7. The fourth-order valence-electron chi connectivity index (χ4n) is 5.54. The van der Waals surface area contributed by atoms with E-state index < -0.39 is 17.2 Å². The average Bonchev–Trinajstić information content (AvgIpc) is 3.27. The molecule has 1 atom stereocenters. The SMILES string of the molecule is CCN1CCC(O)([C@H](C)c2ccc(Nc3ncc(F)c(-c4cc(F)c5nc(C)n(C(C)C)c5c4)n3)nc2)CC1. The molecule has 1 aromatic carbocycles. The predicted molar refractivity (Wildman–Crippen MR) is 148 cm³/mol. The molecule has 3 aromatic heterocycles. The van der Waals surface area contributed by atoms with Crippen molar-refractivity contribution in [3.63, 3.8) is 0 Å². The molecule has 8 nitrogen and oxygen atoms in total. The number of hydrogen-bond donors (Lipinski definition) is 2. The second-order valence-electron chi connectivity index (χ2n) is 10.7. The lowest BCUT2D eigenvalue weighted by molar-refractivity contribution is -0.0379. The lowest BCUT2D eigenvalue weighted by Gasteiger charge is -2.41. The molecule has 1 aliphatic rings. The Morgan fingerprint density at radius 3 is 2.41 bits per heavy atom. The van der Waals surface area contributed by atoms with Crippen LogP contribution in [0.1, 0.15) is 63.9 Å². The molecule has 1 aliphatic heterocycles. The Balaban J connectivity index is 1.38. The Kier molecular flexibility index (Phi) is 7.35. The van der Waals surface area contributed by atoms with Gasteiger partial charge < -0.3 is 19.9 Å². The molecule has 206 valence electrons. The third-order valence-corrected chi connectivity index (χ3v) is 7.96. The summed E-state index contributed by atoms with van der Waals surface area (Å²) in [6.45, 7) is 12.7. The van der Waals surface area contributed by atoms with E-state index in [1.54, 1.807) is 18.3 Å². The molecule has 4 heterocycles. The maximum Gasteiger partial charge on any atom is 0.229 e. The van der Waals surface area contributed by atoms with Crippen molar-refractivity contribution in [2.75, 3.05) is 25.0 Å². The monoisotopic (exact) mass is 535 g/mol. The molecule has 39 heavy (non-hydrogen) atoms. The van der Waals surface area contributed by atoms with E-state index in [1.165, 1.54) is 6.07 Å². The molecule has 4 aromatic rings. The summed E-state index contributed by atoms with van der Waals surface area (Å²) in [7, 11) is 0. The van der Waals surface area contributed by atoms with Crippen molar-refractivity contribution in [2.24, 2.45) is 0 Å². The minimum atomic E-state index is -0.767. The van der Waals surface area contributed by atoms with Crippen LogP contribution in [-0.4, -0.2) is 59.7 Å². The smallest absolute Gasteiger partial charge is 0.229 e. The van der Waals surface area contributed by atoms with Gasteiger partial charge in [-0.15, -0.1) is 0 Å². The number of aryl methyl sites for hydroxylation is 1. The fraction of sp³-hybridized carbons (Fsp3) is 0.448. The first kappa shape index (κ1) is 27.1. The Labute approximate surface area is 227 Å². The Bertz CT molecular complexity index is 1480. The molecule has 10 heteroatoms. The van der Waals surface area contributed by atoms with Gasteiger partial charge in [-0.25, -0.2) is 28.7 Å². The summed E-state index contributed by atoms with van der Waals surface area (Å²) < 4.78 is 31.7. The standard InChI is InChI=1S/C29H35F2N7O/c1-6-37-11-9-29(39,10-12-37)18(4)20-7-8-25(32-15-20)35-28-33-16-23(31)26(36-28)21-13-22(30)27-24(14-21)38(17(2)3)19(5)34-27/h7-8,13-18,39H,6,9-12H2,1-5H3,(H,32,33,35,36)/t18-/m1/s1. The van der Waals surface area contributed by atoms with Crippen molar-refractivity contribution in [1.82, 2.24) is 29.4 Å². The Morgan fingerprint density at radius 2 is 1.77 bits per heavy atom. The minimum absolute atomic E-state index is 0.0201. The molecule has 1 saturated heterocycles. The lowest BCUT2D eigenvalue weighted by Crippen LogP contribution is -2.47. The number of aliphatic hydroxyl groups is 1. The van der Waals surface area contributed by atoms with Crippen molar-refractivity contribution in [1.29, 1.82) is 0 Å². The highest BCUT2D eigenvalue weighted by Gasteiger charge is 2.37. The summed E-state index contributed by atoms with van der Waals surface area (Å²) >= 11 is 0. The van der Waals surface area contributed by atoms with E-state index in [4.69, 9.17) is 0 Å². The maximum absolute atomic E-state index is 15.0. The van der Waals surface area contributed by atoms with E-state index in [1.807, 2.05) is 38.3 Å². The number of piperidine rings is 1. The molecule has 0 bridgehead atoms. The van der Waals surface area contributed by atoms with Gasteiger partial charge in [-0.05, 0) is 63.9 Å². The van der Waals surface area contributed by atoms with Crippen LogP contribution < -0.4 is 5.32 Å². The van der Waals surface area contributed by atoms with Crippen molar-refractivity contribution in [3.05, 3.63) is 59.7 Å². The highest BCUT2D eigenvalue weighted by Crippen LogP contribution is 2.36. The summed E-state index contributed by atoms with van der Waals surface area (Å²) in [5.41, 5.74) is 1.28. The van der Waals surface area contributed by atoms with Gasteiger partial charge in [0.2, 0.25) is 5.95 Å². The normalized spacial score (nSPS) is 16.6. The van der Waals surface area contributed by atoms with E-state index in [0.717, 1.165) is 44.2 Å². The van der Waals surface area contributed by atoms with Crippen molar-refractivity contribution < 1.29 is 13.9 Å². The quantitative estimate of drug-likeness (QED) is 0.311. The van der Waals surface area contributed by atoms with E-state index in [9.17, 15) is 13.9 Å². The first-order chi connectivity index (χ1) is 18.6. The lowest BCUT2D eigenvalue weighted by atomic mass is 9.77. The number of anilines is 2. The first-order valence-electron chi connectivity index (χ1n) is 13.5. The van der Waals surface area contributed by atoms with Crippen molar-refractivity contribution >= 4 is 22.8 Å². The average molecular weight is 536 g/mol. The van der Waals surface area contributed by atoms with Gasteiger partial charge in [0.15, 0.2) is 11.6 Å². The summed E-state index contributed by atoms with van der Waals surface area (Å²) in [5, 5.41) is 14.3. The molecular formula is C29H35F2N7O. The zero-order valence-electron chi connectivity index (χ0n) is 23.0. The van der Waals surface area contributed by atoms with Crippen LogP contribution in [0.25, 0.3) is 22.3 Å². The zero-order chi connectivity index (χ0) is 27.9. The predicted octanol–water partition coefficient (Wildman–Crippen LogP) is 5.75. The van der Waals surface area contributed by atoms with Gasteiger partial charge >= 0.3 is 0 Å². The van der Waals surface area contributed by atoms with E-state index in [0.29, 0.717) is 22.7 Å². The number of nitrogens with one attached hydrogen (secondary N) is 1. The van der Waals surface area contributed by atoms with Crippen LogP contribution in [0.15, 0.2) is 36.7 Å². The van der Waals surface area contributed by atoms with Gasteiger partial charge in [-0.1, -0.05) is 19.9 Å². The van der Waals surface area contributed by atoms with Crippen LogP contribution in [0.2, 0.25) is 0 Å². The number of pyridine rings is 1. The second kappa shape index (κ2) is 10.6. The van der Waals surface area contributed by atoms with E-state index in [2.05, 4.69) is 37.1 Å².